The molecule has 144 valence electrons. The van der Waals surface area contributed by atoms with Crippen LogP contribution in [0.15, 0.2) is 28.8 Å². The molecular weight excluding hydrogens is 387 g/mol. The predicted octanol–water partition coefficient (Wildman–Crippen LogP) is 2.42. The number of amides is 1. The summed E-state index contributed by atoms with van der Waals surface area (Å²) in [7, 11) is 0. The molecule has 0 spiro atoms. The fourth-order valence-corrected chi connectivity index (χ4v) is 3.39. The average molecular weight is 401 g/mol. The van der Waals surface area contributed by atoms with Crippen LogP contribution in [-0.2, 0) is 27.0 Å². The number of halogens is 3. The number of aromatic nitrogens is 2. The highest BCUT2D eigenvalue weighted by Gasteiger charge is 2.38. The van der Waals surface area contributed by atoms with Gasteiger partial charge in [-0.1, -0.05) is 29.4 Å². The number of rotatable bonds is 4. The SMILES string of the molecule is O=C(NCc1ccc(-c2noc(C(F)(F)F)n2)cc1)C(=O)OC1CCSC1. The Morgan fingerprint density at radius 3 is 2.63 bits per heavy atom. The van der Waals surface area contributed by atoms with E-state index in [4.69, 9.17) is 4.74 Å². The van der Waals surface area contributed by atoms with Crippen LogP contribution in [-0.4, -0.2) is 39.6 Å². The first-order chi connectivity index (χ1) is 12.8. The fourth-order valence-electron chi connectivity index (χ4n) is 2.29. The van der Waals surface area contributed by atoms with Gasteiger partial charge in [0.1, 0.15) is 6.10 Å². The Bertz CT molecular complexity index is 817. The number of carbonyl (C=O) groups excluding carboxylic acids is 2. The fraction of sp³-hybridized carbons (Fsp3) is 0.375. The van der Waals surface area contributed by atoms with Crippen molar-refractivity contribution in [3.05, 3.63) is 35.7 Å². The lowest BCUT2D eigenvalue weighted by Crippen LogP contribution is -2.34. The average Bonchev–Trinajstić information content (AvgIpc) is 3.31. The van der Waals surface area contributed by atoms with Crippen LogP contribution < -0.4 is 5.32 Å². The molecule has 1 fully saturated rings. The minimum atomic E-state index is -4.71. The molecule has 1 N–H and O–H groups in total. The van der Waals surface area contributed by atoms with E-state index < -0.39 is 23.9 Å². The van der Waals surface area contributed by atoms with Crippen LogP contribution >= 0.6 is 11.8 Å². The lowest BCUT2D eigenvalue weighted by atomic mass is 10.1. The maximum absolute atomic E-state index is 12.5. The van der Waals surface area contributed by atoms with Gasteiger partial charge in [-0.25, -0.2) is 4.79 Å². The molecule has 7 nitrogen and oxygen atoms in total. The Morgan fingerprint density at radius 1 is 1.30 bits per heavy atom. The van der Waals surface area contributed by atoms with Gasteiger partial charge in [0, 0.05) is 17.9 Å². The highest BCUT2D eigenvalue weighted by Crippen LogP contribution is 2.29. The van der Waals surface area contributed by atoms with Gasteiger partial charge in [0.15, 0.2) is 0 Å². The highest BCUT2D eigenvalue weighted by molar-refractivity contribution is 7.99. The summed E-state index contributed by atoms with van der Waals surface area (Å²) in [5.74, 6) is -1.80. The van der Waals surface area contributed by atoms with Crippen molar-refractivity contribution in [1.82, 2.24) is 15.5 Å². The molecule has 0 radical (unpaired) electrons. The van der Waals surface area contributed by atoms with Crippen LogP contribution in [0.5, 0.6) is 0 Å². The third-order valence-electron chi connectivity index (χ3n) is 3.68. The molecule has 1 amide bonds. The van der Waals surface area contributed by atoms with Crippen molar-refractivity contribution in [3.63, 3.8) is 0 Å². The first-order valence-electron chi connectivity index (χ1n) is 7.89. The highest BCUT2D eigenvalue weighted by atomic mass is 32.2. The number of carbonyl (C=O) groups is 2. The van der Waals surface area contributed by atoms with E-state index in [1.54, 1.807) is 23.9 Å². The molecule has 1 saturated heterocycles. The van der Waals surface area contributed by atoms with Crippen molar-refractivity contribution in [2.24, 2.45) is 0 Å². The molecule has 0 bridgehead atoms. The lowest BCUT2D eigenvalue weighted by molar-refractivity contribution is -0.159. The van der Waals surface area contributed by atoms with Crippen LogP contribution in [0, 0.1) is 0 Å². The zero-order chi connectivity index (χ0) is 19.4. The zero-order valence-corrected chi connectivity index (χ0v) is 14.6. The molecule has 1 aliphatic rings. The topological polar surface area (TPSA) is 94.3 Å². The Hall–Kier alpha value is -2.56. The van der Waals surface area contributed by atoms with Gasteiger partial charge in [-0.15, -0.1) is 0 Å². The summed E-state index contributed by atoms with van der Waals surface area (Å²) < 4.78 is 46.7. The third-order valence-corrected chi connectivity index (χ3v) is 4.81. The molecule has 1 unspecified atom stereocenters. The van der Waals surface area contributed by atoms with Gasteiger partial charge in [0.2, 0.25) is 5.82 Å². The maximum atomic E-state index is 12.5. The smallest absolute Gasteiger partial charge is 0.454 e. The number of alkyl halides is 3. The number of thioether (sulfide) groups is 1. The van der Waals surface area contributed by atoms with Crippen LogP contribution in [0.1, 0.15) is 17.9 Å². The van der Waals surface area contributed by atoms with Crippen LogP contribution in [0.2, 0.25) is 0 Å². The van der Waals surface area contributed by atoms with Gasteiger partial charge in [-0.05, 0) is 17.7 Å². The first kappa shape index (κ1) is 19.2. The molecule has 0 aliphatic carbocycles. The Labute approximate surface area is 155 Å². The molecular formula is C16H14F3N3O4S. The number of nitrogens with zero attached hydrogens (tertiary/aromatic N) is 2. The summed E-state index contributed by atoms with van der Waals surface area (Å²) >= 11 is 1.66. The van der Waals surface area contributed by atoms with E-state index in [1.165, 1.54) is 12.1 Å². The standard InChI is InChI=1S/C16H14F3N3O4S/c17-16(18,19)15-21-12(22-26-15)10-3-1-9(2-4-10)7-20-13(23)14(24)25-11-5-6-27-8-11/h1-4,11H,5-8H2,(H,20,23). The van der Waals surface area contributed by atoms with Crippen molar-refractivity contribution < 1.29 is 32.0 Å². The molecule has 2 heterocycles. The van der Waals surface area contributed by atoms with E-state index in [0.29, 0.717) is 16.9 Å². The number of benzene rings is 1. The van der Waals surface area contributed by atoms with E-state index >= 15 is 0 Å². The summed E-state index contributed by atoms with van der Waals surface area (Å²) in [6.07, 6.45) is -4.21. The summed E-state index contributed by atoms with van der Waals surface area (Å²) in [5, 5.41) is 5.73. The van der Waals surface area contributed by atoms with Crippen LogP contribution in [0.25, 0.3) is 11.4 Å². The second-order valence-electron chi connectivity index (χ2n) is 5.69. The second-order valence-corrected chi connectivity index (χ2v) is 6.84. The van der Waals surface area contributed by atoms with E-state index in [2.05, 4.69) is 20.0 Å². The van der Waals surface area contributed by atoms with E-state index in [0.717, 1.165) is 12.2 Å². The van der Waals surface area contributed by atoms with Gasteiger partial charge in [0.25, 0.3) is 0 Å². The van der Waals surface area contributed by atoms with E-state index in [9.17, 15) is 22.8 Å². The van der Waals surface area contributed by atoms with Crippen LogP contribution in [0.4, 0.5) is 13.2 Å². The third kappa shape index (κ3) is 5.00. The van der Waals surface area contributed by atoms with Crippen molar-refractivity contribution in [2.75, 3.05) is 11.5 Å². The van der Waals surface area contributed by atoms with Crippen molar-refractivity contribution in [2.45, 2.75) is 25.2 Å². The molecule has 1 aromatic heterocycles. The molecule has 11 heteroatoms. The largest absolute Gasteiger partial charge is 0.471 e. The summed E-state index contributed by atoms with van der Waals surface area (Å²) in [6, 6.07) is 6.11. The summed E-state index contributed by atoms with van der Waals surface area (Å²) in [6.45, 7) is 0.0632. The van der Waals surface area contributed by atoms with Crippen molar-refractivity contribution in [1.29, 1.82) is 0 Å². The predicted molar refractivity (Wildman–Crippen MR) is 88.4 cm³/mol. The molecule has 3 rings (SSSR count). The lowest BCUT2D eigenvalue weighted by Gasteiger charge is -2.10. The van der Waals surface area contributed by atoms with Gasteiger partial charge < -0.3 is 14.6 Å². The van der Waals surface area contributed by atoms with E-state index in [1.807, 2.05) is 0 Å². The van der Waals surface area contributed by atoms with Gasteiger partial charge in [0.05, 0.1) is 0 Å². The molecule has 27 heavy (non-hydrogen) atoms. The minimum absolute atomic E-state index is 0.0632. The maximum Gasteiger partial charge on any atom is 0.471 e. The van der Waals surface area contributed by atoms with Gasteiger partial charge in [-0.3, -0.25) is 4.79 Å². The number of esters is 1. The Morgan fingerprint density at radius 2 is 2.04 bits per heavy atom. The second kappa shape index (κ2) is 7.99. The zero-order valence-electron chi connectivity index (χ0n) is 13.8. The Balaban J connectivity index is 1.53. The molecule has 1 aromatic carbocycles. The van der Waals surface area contributed by atoms with Gasteiger partial charge in [-0.2, -0.15) is 29.9 Å². The number of hydrogen-bond donors (Lipinski definition) is 1. The number of ether oxygens (including phenoxy) is 1. The van der Waals surface area contributed by atoms with Crippen molar-refractivity contribution in [3.8, 4) is 11.4 Å². The molecule has 1 atom stereocenters. The number of hydrogen-bond acceptors (Lipinski definition) is 7. The molecule has 1 aliphatic heterocycles. The monoisotopic (exact) mass is 401 g/mol. The first-order valence-corrected chi connectivity index (χ1v) is 9.05. The van der Waals surface area contributed by atoms with Crippen LogP contribution in [0.3, 0.4) is 0 Å². The molecule has 0 saturated carbocycles. The minimum Gasteiger partial charge on any atom is -0.454 e. The number of nitrogens with one attached hydrogen (secondary N) is 1. The van der Waals surface area contributed by atoms with Crippen molar-refractivity contribution >= 4 is 23.6 Å². The summed E-state index contributed by atoms with van der Waals surface area (Å²) in [4.78, 5) is 26.7. The summed E-state index contributed by atoms with van der Waals surface area (Å²) in [5.41, 5.74) is 0.957. The normalized spacial score (nSPS) is 16.9. The quantitative estimate of drug-likeness (QED) is 0.621. The Kier molecular flexibility index (Phi) is 5.68. The van der Waals surface area contributed by atoms with E-state index in [-0.39, 0.29) is 18.5 Å². The molecule has 2 aromatic rings. The van der Waals surface area contributed by atoms with Gasteiger partial charge >= 0.3 is 23.9 Å².